The topological polar surface area (TPSA) is 63.1 Å². The largest absolute Gasteiger partial charge is 0.342 e. The molecule has 1 aromatic heterocycles. The Morgan fingerprint density at radius 1 is 1.04 bits per heavy atom. The molecule has 6 heteroatoms. The fourth-order valence-corrected chi connectivity index (χ4v) is 3.13. The van der Waals surface area contributed by atoms with Gasteiger partial charge in [0.15, 0.2) is 0 Å². The van der Waals surface area contributed by atoms with E-state index in [0.29, 0.717) is 11.6 Å². The number of aromatic nitrogens is 1. The molecule has 2 aromatic carbocycles. The Bertz CT molecular complexity index is 1020. The molecule has 0 atom stereocenters. The van der Waals surface area contributed by atoms with Gasteiger partial charge in [-0.1, -0.05) is 41.9 Å². The maximum atomic E-state index is 11.8. The number of fused-ring (bicyclic) bond motifs is 1. The van der Waals surface area contributed by atoms with Crippen LogP contribution in [0.25, 0.3) is 17.0 Å². The van der Waals surface area contributed by atoms with Crippen LogP contribution in [-0.2, 0) is 11.3 Å². The molecule has 0 aliphatic carbocycles. The normalized spacial score (nSPS) is 15.6. The zero-order chi connectivity index (χ0) is 17.4. The Balaban J connectivity index is 1.82. The number of hydrogen-bond acceptors (Lipinski definition) is 2. The Kier molecular flexibility index (Phi) is 3.78. The molecule has 1 aliphatic rings. The molecule has 0 radical (unpaired) electrons. The van der Waals surface area contributed by atoms with Crippen molar-refractivity contribution >= 4 is 40.5 Å². The molecular weight excluding hydrogens is 338 g/mol. The van der Waals surface area contributed by atoms with E-state index in [1.807, 2.05) is 42.6 Å². The minimum absolute atomic E-state index is 0.226. The van der Waals surface area contributed by atoms with Crippen LogP contribution in [0, 0.1) is 0 Å². The standard InChI is InChI=1S/C19H14ClN3O2/c20-14-6-7-17-15(9-14)13(8-16-18(24)22-19(25)21-16)11-23(17)10-12-4-2-1-3-5-12/h1-9,11H,10H2,(H2,21,22,24,25)/b16-8-. The number of nitrogens with one attached hydrogen (secondary N) is 2. The number of imide groups is 1. The molecule has 2 N–H and O–H groups in total. The molecule has 3 aromatic rings. The third-order valence-electron chi connectivity index (χ3n) is 4.09. The molecule has 0 spiro atoms. The van der Waals surface area contributed by atoms with E-state index in [2.05, 4.69) is 27.3 Å². The van der Waals surface area contributed by atoms with E-state index in [9.17, 15) is 9.59 Å². The smallest absolute Gasteiger partial charge is 0.326 e. The van der Waals surface area contributed by atoms with Gasteiger partial charge in [-0.05, 0) is 29.8 Å². The van der Waals surface area contributed by atoms with E-state index in [4.69, 9.17) is 11.6 Å². The van der Waals surface area contributed by atoms with Gasteiger partial charge in [0, 0.05) is 34.2 Å². The fourth-order valence-electron chi connectivity index (χ4n) is 2.96. The van der Waals surface area contributed by atoms with Gasteiger partial charge in [0.1, 0.15) is 5.70 Å². The maximum Gasteiger partial charge on any atom is 0.326 e. The lowest BCUT2D eigenvalue weighted by Gasteiger charge is -2.05. The van der Waals surface area contributed by atoms with Gasteiger partial charge in [-0.3, -0.25) is 10.1 Å². The minimum atomic E-state index is -0.512. The zero-order valence-electron chi connectivity index (χ0n) is 13.1. The van der Waals surface area contributed by atoms with Gasteiger partial charge < -0.3 is 9.88 Å². The van der Waals surface area contributed by atoms with Gasteiger partial charge in [-0.25, -0.2) is 4.79 Å². The lowest BCUT2D eigenvalue weighted by atomic mass is 10.1. The van der Waals surface area contributed by atoms with Crippen molar-refractivity contribution in [2.45, 2.75) is 6.54 Å². The summed E-state index contributed by atoms with van der Waals surface area (Å²) in [5.74, 6) is -0.434. The second kappa shape index (κ2) is 6.11. The lowest BCUT2D eigenvalue weighted by Crippen LogP contribution is -2.22. The zero-order valence-corrected chi connectivity index (χ0v) is 13.9. The average Bonchev–Trinajstić information content (AvgIpc) is 3.08. The number of carbonyl (C=O) groups excluding carboxylic acids is 2. The first-order chi connectivity index (χ1) is 12.1. The quantitative estimate of drug-likeness (QED) is 0.560. The molecule has 25 heavy (non-hydrogen) atoms. The summed E-state index contributed by atoms with van der Waals surface area (Å²) in [4.78, 5) is 23.1. The molecule has 0 bridgehead atoms. The van der Waals surface area contributed by atoms with Gasteiger partial charge in [-0.15, -0.1) is 0 Å². The monoisotopic (exact) mass is 351 g/mol. The molecule has 0 saturated carbocycles. The first kappa shape index (κ1) is 15.5. The number of carbonyl (C=O) groups is 2. The number of hydrogen-bond donors (Lipinski definition) is 2. The van der Waals surface area contributed by atoms with Crippen LogP contribution in [-0.4, -0.2) is 16.5 Å². The molecule has 2 heterocycles. The van der Waals surface area contributed by atoms with Crippen LogP contribution in [0.1, 0.15) is 11.1 Å². The van der Waals surface area contributed by atoms with E-state index in [-0.39, 0.29) is 5.70 Å². The molecule has 0 unspecified atom stereocenters. The number of rotatable bonds is 3. The van der Waals surface area contributed by atoms with Gasteiger partial charge in [0.2, 0.25) is 0 Å². The van der Waals surface area contributed by atoms with Gasteiger partial charge in [-0.2, -0.15) is 0 Å². The van der Waals surface area contributed by atoms with Crippen molar-refractivity contribution < 1.29 is 9.59 Å². The highest BCUT2D eigenvalue weighted by atomic mass is 35.5. The predicted octanol–water partition coefficient (Wildman–Crippen LogP) is 3.52. The molecule has 5 nitrogen and oxygen atoms in total. The second-order valence-corrected chi connectivity index (χ2v) is 6.26. The predicted molar refractivity (Wildman–Crippen MR) is 97.1 cm³/mol. The summed E-state index contributed by atoms with van der Waals surface area (Å²) in [5, 5.41) is 6.25. The lowest BCUT2D eigenvalue weighted by molar-refractivity contribution is -0.115. The van der Waals surface area contributed by atoms with Gasteiger partial charge in [0.05, 0.1) is 0 Å². The molecule has 1 aliphatic heterocycles. The molecule has 4 rings (SSSR count). The van der Waals surface area contributed by atoms with E-state index < -0.39 is 11.9 Å². The van der Waals surface area contributed by atoms with E-state index in [1.54, 1.807) is 6.08 Å². The molecule has 1 fully saturated rings. The van der Waals surface area contributed by atoms with E-state index in [0.717, 1.165) is 16.5 Å². The van der Waals surface area contributed by atoms with Gasteiger partial charge in [0.25, 0.3) is 5.91 Å². The number of amides is 3. The summed E-state index contributed by atoms with van der Waals surface area (Å²) in [5.41, 5.74) is 3.22. The van der Waals surface area contributed by atoms with Crippen molar-refractivity contribution in [3.63, 3.8) is 0 Å². The van der Waals surface area contributed by atoms with E-state index >= 15 is 0 Å². The summed E-state index contributed by atoms with van der Waals surface area (Å²) in [6, 6.07) is 15.2. The van der Waals surface area contributed by atoms with Crippen LogP contribution in [0.15, 0.2) is 60.4 Å². The summed E-state index contributed by atoms with van der Waals surface area (Å²) in [7, 11) is 0. The first-order valence-electron chi connectivity index (χ1n) is 7.76. The summed E-state index contributed by atoms with van der Waals surface area (Å²) in [6.45, 7) is 0.695. The van der Waals surface area contributed by atoms with Crippen molar-refractivity contribution in [1.29, 1.82) is 0 Å². The summed E-state index contributed by atoms with van der Waals surface area (Å²) in [6.07, 6.45) is 3.62. The maximum absolute atomic E-state index is 11.8. The van der Waals surface area contributed by atoms with Crippen LogP contribution in [0.2, 0.25) is 5.02 Å². The number of benzene rings is 2. The molecule has 1 saturated heterocycles. The van der Waals surface area contributed by atoms with Gasteiger partial charge >= 0.3 is 6.03 Å². The van der Waals surface area contributed by atoms with Crippen molar-refractivity contribution in [2.75, 3.05) is 0 Å². The highest BCUT2D eigenvalue weighted by Gasteiger charge is 2.23. The highest BCUT2D eigenvalue weighted by molar-refractivity contribution is 6.31. The fraction of sp³-hybridized carbons (Fsp3) is 0.0526. The molecule has 3 amide bonds. The van der Waals surface area contributed by atoms with Crippen LogP contribution >= 0.6 is 11.6 Å². The van der Waals surface area contributed by atoms with Crippen LogP contribution in [0.3, 0.4) is 0 Å². The van der Waals surface area contributed by atoms with Crippen molar-refractivity contribution in [2.24, 2.45) is 0 Å². The Morgan fingerprint density at radius 3 is 2.56 bits per heavy atom. The number of halogens is 1. The average molecular weight is 352 g/mol. The molecule has 124 valence electrons. The molecular formula is C19H14ClN3O2. The van der Waals surface area contributed by atoms with Crippen molar-refractivity contribution in [3.05, 3.63) is 76.6 Å². The Hall–Kier alpha value is -3.05. The number of nitrogens with zero attached hydrogens (tertiary/aromatic N) is 1. The van der Waals surface area contributed by atoms with Crippen LogP contribution < -0.4 is 10.6 Å². The van der Waals surface area contributed by atoms with E-state index in [1.165, 1.54) is 5.56 Å². The third kappa shape index (κ3) is 3.02. The van der Waals surface area contributed by atoms with Crippen molar-refractivity contribution in [3.8, 4) is 0 Å². The minimum Gasteiger partial charge on any atom is -0.342 e. The Labute approximate surface area is 148 Å². The Morgan fingerprint density at radius 2 is 1.84 bits per heavy atom. The van der Waals surface area contributed by atoms with Crippen molar-refractivity contribution in [1.82, 2.24) is 15.2 Å². The summed E-state index contributed by atoms with van der Waals surface area (Å²) >= 11 is 6.15. The third-order valence-corrected chi connectivity index (χ3v) is 4.32. The number of urea groups is 1. The highest BCUT2D eigenvalue weighted by Crippen LogP contribution is 2.27. The summed E-state index contributed by atoms with van der Waals surface area (Å²) < 4.78 is 2.10. The SMILES string of the molecule is O=C1NC(=O)/C(=C/c2cn(Cc3ccccc3)c3ccc(Cl)cc23)N1. The second-order valence-electron chi connectivity index (χ2n) is 5.83. The van der Waals surface area contributed by atoms with Crippen LogP contribution in [0.5, 0.6) is 0 Å². The first-order valence-corrected chi connectivity index (χ1v) is 8.14. The van der Waals surface area contributed by atoms with Crippen LogP contribution in [0.4, 0.5) is 4.79 Å².